The summed E-state index contributed by atoms with van der Waals surface area (Å²) in [6, 6.07) is 21.8. The van der Waals surface area contributed by atoms with Crippen LogP contribution in [-0.4, -0.2) is 36.7 Å². The lowest BCUT2D eigenvalue weighted by Crippen LogP contribution is -2.39. The van der Waals surface area contributed by atoms with Crippen LogP contribution in [-0.2, 0) is 27.3 Å². The predicted octanol–water partition coefficient (Wildman–Crippen LogP) is 5.26. The van der Waals surface area contributed by atoms with Gasteiger partial charge < -0.3 is 25.8 Å². The first-order valence-electron chi connectivity index (χ1n) is 13.4. The van der Waals surface area contributed by atoms with Crippen molar-refractivity contribution in [3.63, 3.8) is 0 Å². The number of esters is 1. The van der Waals surface area contributed by atoms with Gasteiger partial charge in [0, 0.05) is 19.5 Å². The minimum atomic E-state index is -1.02. The molecule has 0 saturated heterocycles. The van der Waals surface area contributed by atoms with E-state index in [0.717, 1.165) is 30.4 Å². The molecule has 0 bridgehead atoms. The first kappa shape index (κ1) is 31.1. The maximum Gasteiger partial charge on any atom is 0.349 e. The molecule has 0 heterocycles. The molecule has 0 spiro atoms. The van der Waals surface area contributed by atoms with Crippen molar-refractivity contribution in [1.82, 2.24) is 10.6 Å². The monoisotopic (exact) mass is 535 g/mol. The number of hydrogen-bond donors (Lipinski definition) is 3. The summed E-state index contributed by atoms with van der Waals surface area (Å²) in [7, 11) is 0. The summed E-state index contributed by atoms with van der Waals surface area (Å²) in [5.41, 5.74) is 6.28. The van der Waals surface area contributed by atoms with Crippen LogP contribution in [0.4, 0.5) is 4.79 Å². The third kappa shape index (κ3) is 11.5. The Hall–Kier alpha value is -4.07. The van der Waals surface area contributed by atoms with Crippen LogP contribution in [0.5, 0.6) is 5.75 Å². The lowest BCUT2D eigenvalue weighted by atomic mass is 10.1. The molecule has 0 unspecified atom stereocenters. The third-order valence-electron chi connectivity index (χ3n) is 5.75. The van der Waals surface area contributed by atoms with Gasteiger partial charge in [-0.2, -0.15) is 0 Å². The molecule has 0 aromatic heterocycles. The van der Waals surface area contributed by atoms with Gasteiger partial charge in [0.2, 0.25) is 5.91 Å². The van der Waals surface area contributed by atoms with Gasteiger partial charge in [0.25, 0.3) is 0 Å². The van der Waals surface area contributed by atoms with Gasteiger partial charge in [-0.15, -0.1) is 0 Å². The number of nitrogens with two attached hydrogens (primary N) is 1. The van der Waals surface area contributed by atoms with Crippen molar-refractivity contribution in [3.8, 4) is 5.75 Å². The van der Waals surface area contributed by atoms with Gasteiger partial charge in [-0.05, 0) is 80.1 Å². The van der Waals surface area contributed by atoms with E-state index in [9.17, 15) is 14.4 Å². The van der Waals surface area contributed by atoms with Crippen molar-refractivity contribution in [1.29, 1.82) is 0 Å². The molecule has 8 nitrogen and oxygen atoms in total. The van der Waals surface area contributed by atoms with E-state index in [1.54, 1.807) is 32.9 Å². The van der Waals surface area contributed by atoms with Crippen molar-refractivity contribution < 1.29 is 23.9 Å². The minimum absolute atomic E-state index is 0.106. The number of urea groups is 1. The average molecular weight is 536 g/mol. The number of fused-ring (bicyclic) bond motifs is 1. The maximum absolute atomic E-state index is 11.8. The van der Waals surface area contributed by atoms with E-state index in [4.69, 9.17) is 15.2 Å². The molecule has 3 amide bonds. The smallest absolute Gasteiger partial charge is 0.349 e. The number of hydrogen-bond acceptors (Lipinski definition) is 5. The Labute approximate surface area is 231 Å². The molecule has 4 N–H and O–H groups in total. The van der Waals surface area contributed by atoms with Crippen LogP contribution in [0.2, 0.25) is 0 Å². The van der Waals surface area contributed by atoms with Crippen LogP contribution in [0.15, 0.2) is 66.7 Å². The highest BCUT2D eigenvalue weighted by atomic mass is 16.6. The van der Waals surface area contributed by atoms with Gasteiger partial charge in [0.05, 0.1) is 6.61 Å². The summed E-state index contributed by atoms with van der Waals surface area (Å²) >= 11 is 0. The zero-order valence-electron chi connectivity index (χ0n) is 23.4. The predicted molar refractivity (Wildman–Crippen MR) is 154 cm³/mol. The van der Waals surface area contributed by atoms with Crippen molar-refractivity contribution in [3.05, 3.63) is 77.9 Å². The van der Waals surface area contributed by atoms with Crippen LogP contribution in [0.3, 0.4) is 0 Å². The Bertz CT molecular complexity index is 1210. The summed E-state index contributed by atoms with van der Waals surface area (Å²) in [6.45, 7) is 8.73. The summed E-state index contributed by atoms with van der Waals surface area (Å²) in [4.78, 5) is 33.8. The van der Waals surface area contributed by atoms with Crippen molar-refractivity contribution >= 4 is 28.7 Å². The molecule has 0 radical (unpaired) electrons. The van der Waals surface area contributed by atoms with Gasteiger partial charge in [0.15, 0.2) is 5.60 Å². The normalized spacial score (nSPS) is 10.7. The lowest BCUT2D eigenvalue weighted by molar-refractivity contribution is -0.158. The first-order chi connectivity index (χ1) is 18.6. The van der Waals surface area contributed by atoms with Crippen molar-refractivity contribution in [2.24, 2.45) is 5.73 Å². The fraction of sp³-hybridized carbons (Fsp3) is 0.387. The fourth-order valence-electron chi connectivity index (χ4n) is 3.66. The quantitative estimate of drug-likeness (QED) is 0.273. The Morgan fingerprint density at radius 3 is 2.18 bits per heavy atom. The zero-order chi connectivity index (χ0) is 28.7. The van der Waals surface area contributed by atoms with E-state index < -0.39 is 11.6 Å². The first-order valence-corrected chi connectivity index (χ1v) is 13.4. The summed E-state index contributed by atoms with van der Waals surface area (Å²) in [5, 5.41) is 8.06. The van der Waals surface area contributed by atoms with E-state index in [1.165, 1.54) is 10.8 Å². The van der Waals surface area contributed by atoms with Gasteiger partial charge >= 0.3 is 12.0 Å². The molecule has 8 heteroatoms. The molecule has 0 fully saturated rings. The number of nitrogens with one attached hydrogen (secondary N) is 2. The molecule has 0 atom stereocenters. The van der Waals surface area contributed by atoms with Crippen LogP contribution in [0, 0.1) is 0 Å². The molecule has 3 rings (SSSR count). The summed E-state index contributed by atoms with van der Waals surface area (Å²) < 4.78 is 10.6. The molecule has 3 aromatic rings. The number of amides is 3. The van der Waals surface area contributed by atoms with Gasteiger partial charge in [-0.3, -0.25) is 4.79 Å². The van der Waals surface area contributed by atoms with E-state index in [2.05, 4.69) is 34.9 Å². The zero-order valence-corrected chi connectivity index (χ0v) is 23.4. The Morgan fingerprint density at radius 2 is 1.54 bits per heavy atom. The Morgan fingerprint density at radius 1 is 0.872 bits per heavy atom. The fourth-order valence-corrected chi connectivity index (χ4v) is 3.66. The largest absolute Gasteiger partial charge is 0.476 e. The van der Waals surface area contributed by atoms with E-state index in [0.29, 0.717) is 31.9 Å². The molecule has 3 aromatic carbocycles. The lowest BCUT2D eigenvalue weighted by Gasteiger charge is -2.24. The number of carbonyl (C=O) groups excluding carboxylic acids is 3. The molecule has 0 saturated carbocycles. The topological polar surface area (TPSA) is 120 Å². The number of aryl methyl sites for hydroxylation is 1. The highest BCUT2D eigenvalue weighted by molar-refractivity contribution is 5.83. The van der Waals surface area contributed by atoms with Crippen LogP contribution < -0.4 is 21.1 Å². The second-order valence-electron chi connectivity index (χ2n) is 9.59. The van der Waals surface area contributed by atoms with E-state index >= 15 is 0 Å². The van der Waals surface area contributed by atoms with Crippen molar-refractivity contribution in [2.45, 2.75) is 65.5 Å². The van der Waals surface area contributed by atoms with E-state index in [-0.39, 0.29) is 11.9 Å². The number of ether oxygens (including phenoxy) is 2. The average Bonchev–Trinajstić information content (AvgIpc) is 2.91. The SMILES string of the molecule is CCCNC(=O)NCc1ccc2ccccc2c1.CCOC(=O)C(C)(C)Oc1ccc(CCCC(N)=O)cc1. The molecule has 210 valence electrons. The highest BCUT2D eigenvalue weighted by Gasteiger charge is 2.31. The Balaban J connectivity index is 0.000000276. The summed E-state index contributed by atoms with van der Waals surface area (Å²) in [6.07, 6.45) is 2.84. The van der Waals surface area contributed by atoms with Gasteiger partial charge in [0.1, 0.15) is 5.75 Å². The van der Waals surface area contributed by atoms with Crippen LogP contribution in [0.1, 0.15) is 58.1 Å². The second kappa shape index (κ2) is 16.0. The van der Waals surface area contributed by atoms with Crippen molar-refractivity contribution in [2.75, 3.05) is 13.2 Å². The van der Waals surface area contributed by atoms with E-state index in [1.807, 2.05) is 37.3 Å². The van der Waals surface area contributed by atoms with Gasteiger partial charge in [-0.1, -0.05) is 55.5 Å². The number of rotatable bonds is 12. The number of carbonyl (C=O) groups is 3. The molecule has 0 aliphatic heterocycles. The number of benzene rings is 3. The van der Waals surface area contributed by atoms with Gasteiger partial charge in [-0.25, -0.2) is 9.59 Å². The summed E-state index contributed by atoms with van der Waals surface area (Å²) in [5.74, 6) is -0.0756. The standard InChI is InChI=1S/C16H23NO4.C15H18N2O/c1-4-20-15(19)16(2,3)21-13-10-8-12(9-11-13)6-5-7-14(17)18;1-2-9-16-15(18)17-11-12-7-8-13-5-3-4-6-14(13)10-12/h8-11H,4-7H2,1-3H3,(H2,17,18);3-8,10H,2,9,11H2,1H3,(H2,16,17,18). The molecule has 39 heavy (non-hydrogen) atoms. The minimum Gasteiger partial charge on any atom is -0.476 e. The molecular weight excluding hydrogens is 494 g/mol. The highest BCUT2D eigenvalue weighted by Crippen LogP contribution is 2.21. The third-order valence-corrected chi connectivity index (χ3v) is 5.75. The maximum atomic E-state index is 11.8. The van der Waals surface area contributed by atoms with Crippen LogP contribution >= 0.6 is 0 Å². The van der Waals surface area contributed by atoms with Crippen LogP contribution in [0.25, 0.3) is 10.8 Å². The molecule has 0 aliphatic rings. The molecule has 0 aliphatic carbocycles. The molecular formula is C31H41N3O5. The number of primary amides is 1. The Kier molecular flexibility index (Phi) is 12.8. The second-order valence-corrected chi connectivity index (χ2v) is 9.59.